The molecule has 0 aliphatic heterocycles. The van der Waals surface area contributed by atoms with Crippen LogP contribution in [0.4, 0.5) is 0 Å². The van der Waals surface area contributed by atoms with Gasteiger partial charge in [0.05, 0.1) is 0 Å². The van der Waals surface area contributed by atoms with Crippen molar-refractivity contribution in [3.63, 3.8) is 0 Å². The third-order valence-electron chi connectivity index (χ3n) is 3.80. The van der Waals surface area contributed by atoms with Crippen molar-refractivity contribution in [2.75, 3.05) is 0 Å². The Hall–Kier alpha value is -0.590. The van der Waals surface area contributed by atoms with Gasteiger partial charge in [-0.2, -0.15) is 0 Å². The molecule has 0 radical (unpaired) electrons. The molecular weight excluding hydrogens is 206 g/mol. The van der Waals surface area contributed by atoms with Crippen molar-refractivity contribution < 1.29 is 0 Å². The van der Waals surface area contributed by atoms with Crippen LogP contribution in [0.3, 0.4) is 0 Å². The van der Waals surface area contributed by atoms with Gasteiger partial charge in [-0.1, -0.05) is 52.0 Å². The molecule has 0 saturated carbocycles. The van der Waals surface area contributed by atoms with Gasteiger partial charge in [-0.05, 0) is 38.2 Å². The molecule has 0 heterocycles. The largest absolute Gasteiger partial charge is 0.304 e. The van der Waals surface area contributed by atoms with E-state index in [1.807, 2.05) is 0 Å². The van der Waals surface area contributed by atoms with Crippen molar-refractivity contribution in [1.82, 2.24) is 0 Å². The minimum atomic E-state index is 0.000704. The van der Waals surface area contributed by atoms with E-state index in [0.29, 0.717) is 0 Å². The topological polar surface area (TPSA) is 23.9 Å². The Morgan fingerprint density at radius 3 is 1.88 bits per heavy atom. The molecule has 0 saturated heterocycles. The van der Waals surface area contributed by atoms with Crippen LogP contribution in [0.5, 0.6) is 0 Å². The van der Waals surface area contributed by atoms with Gasteiger partial charge < -0.3 is 5.41 Å². The predicted octanol–water partition coefficient (Wildman–Crippen LogP) is 5.50. The molecular formula is C16H29N. The van der Waals surface area contributed by atoms with Gasteiger partial charge in [0.1, 0.15) is 0 Å². The average Bonchev–Trinajstić information content (AvgIpc) is 2.25. The highest BCUT2D eigenvalue weighted by atomic mass is 14.5. The molecule has 1 N–H and O–H groups in total. The monoisotopic (exact) mass is 235 g/mol. The minimum absolute atomic E-state index is 0.000704. The molecule has 0 unspecified atom stereocenters. The lowest BCUT2D eigenvalue weighted by Gasteiger charge is -2.25. The summed E-state index contributed by atoms with van der Waals surface area (Å²) in [6, 6.07) is 0. The van der Waals surface area contributed by atoms with Crippen molar-refractivity contribution in [3.05, 3.63) is 11.1 Å². The Morgan fingerprint density at radius 1 is 0.882 bits per heavy atom. The van der Waals surface area contributed by atoms with Gasteiger partial charge in [0.25, 0.3) is 0 Å². The van der Waals surface area contributed by atoms with Gasteiger partial charge >= 0.3 is 0 Å². The van der Waals surface area contributed by atoms with Gasteiger partial charge in [-0.15, -0.1) is 0 Å². The second-order valence-electron chi connectivity index (χ2n) is 6.51. The van der Waals surface area contributed by atoms with Gasteiger partial charge in [0.2, 0.25) is 0 Å². The standard InChI is InChI=1S/C16H29N/c1-13-11-9-7-5-6-8-10-12-14(13)15(17)16(2,3)4/h17H,5-12H2,1-4H3/b14-13+,17-15?. The van der Waals surface area contributed by atoms with Crippen LogP contribution in [0, 0.1) is 10.8 Å². The number of rotatable bonds is 1. The quantitative estimate of drug-likeness (QED) is 0.580. The Bertz CT molecular complexity index is 291. The molecule has 0 atom stereocenters. The van der Waals surface area contributed by atoms with Gasteiger partial charge in [-0.25, -0.2) is 0 Å². The van der Waals surface area contributed by atoms with Crippen molar-refractivity contribution in [1.29, 1.82) is 5.41 Å². The third kappa shape index (κ3) is 4.65. The molecule has 0 aromatic heterocycles. The maximum atomic E-state index is 8.40. The molecule has 1 heteroatoms. The molecule has 1 nitrogen and oxygen atoms in total. The van der Waals surface area contributed by atoms with Crippen LogP contribution in [0.15, 0.2) is 11.1 Å². The average molecular weight is 235 g/mol. The molecule has 0 amide bonds. The summed E-state index contributed by atoms with van der Waals surface area (Å²) < 4.78 is 0. The zero-order valence-corrected chi connectivity index (χ0v) is 12.2. The van der Waals surface area contributed by atoms with E-state index in [0.717, 1.165) is 12.1 Å². The molecule has 1 rings (SSSR count). The van der Waals surface area contributed by atoms with E-state index in [2.05, 4.69) is 27.7 Å². The molecule has 1 aliphatic rings. The lowest BCUT2D eigenvalue weighted by atomic mass is 9.81. The summed E-state index contributed by atoms with van der Waals surface area (Å²) in [6.07, 6.45) is 10.4. The Labute approximate surface area is 107 Å². The first-order valence-corrected chi connectivity index (χ1v) is 7.21. The summed E-state index contributed by atoms with van der Waals surface area (Å²) in [6.45, 7) is 8.73. The van der Waals surface area contributed by atoms with Crippen molar-refractivity contribution in [2.45, 2.75) is 79.1 Å². The van der Waals surface area contributed by atoms with Crippen LogP contribution >= 0.6 is 0 Å². The zero-order chi connectivity index (χ0) is 12.9. The number of hydrogen-bond acceptors (Lipinski definition) is 1. The lowest BCUT2D eigenvalue weighted by molar-refractivity contribution is 0.563. The Balaban J connectivity index is 2.84. The summed E-state index contributed by atoms with van der Waals surface area (Å²) >= 11 is 0. The van der Waals surface area contributed by atoms with E-state index < -0.39 is 0 Å². The molecule has 0 spiro atoms. The molecule has 1 aliphatic carbocycles. The van der Waals surface area contributed by atoms with E-state index in [-0.39, 0.29) is 5.41 Å². The molecule has 0 bridgehead atoms. The zero-order valence-electron chi connectivity index (χ0n) is 12.2. The number of hydrogen-bond donors (Lipinski definition) is 1. The fourth-order valence-corrected chi connectivity index (χ4v) is 2.55. The summed E-state index contributed by atoms with van der Waals surface area (Å²) in [7, 11) is 0. The van der Waals surface area contributed by atoms with Crippen molar-refractivity contribution in [3.8, 4) is 0 Å². The van der Waals surface area contributed by atoms with Gasteiger partial charge in [0, 0.05) is 11.1 Å². The summed E-state index contributed by atoms with van der Waals surface area (Å²) in [5.74, 6) is 0. The normalized spacial score (nSPS) is 24.5. The SMILES string of the molecule is C/C1=C(\C(=N)C(C)(C)C)CCCCCCCC1. The maximum absolute atomic E-state index is 8.40. The maximum Gasteiger partial charge on any atom is 0.0398 e. The first kappa shape index (κ1) is 14.5. The first-order chi connectivity index (χ1) is 7.93. The molecule has 0 aromatic rings. The van der Waals surface area contributed by atoms with Gasteiger partial charge in [0.15, 0.2) is 0 Å². The van der Waals surface area contributed by atoms with Crippen LogP contribution in [0.25, 0.3) is 0 Å². The number of nitrogens with one attached hydrogen (secondary N) is 1. The van der Waals surface area contributed by atoms with E-state index in [1.54, 1.807) is 0 Å². The van der Waals surface area contributed by atoms with Crippen LogP contribution in [0.2, 0.25) is 0 Å². The van der Waals surface area contributed by atoms with E-state index >= 15 is 0 Å². The lowest BCUT2D eigenvalue weighted by Crippen LogP contribution is -2.22. The highest BCUT2D eigenvalue weighted by Gasteiger charge is 2.22. The molecule has 17 heavy (non-hydrogen) atoms. The minimum Gasteiger partial charge on any atom is -0.304 e. The summed E-state index contributed by atoms with van der Waals surface area (Å²) in [5.41, 5.74) is 3.71. The molecule has 0 aromatic carbocycles. The second-order valence-corrected chi connectivity index (χ2v) is 6.51. The van der Waals surface area contributed by atoms with Crippen molar-refractivity contribution >= 4 is 5.71 Å². The van der Waals surface area contributed by atoms with Crippen LogP contribution in [-0.2, 0) is 0 Å². The molecule has 98 valence electrons. The van der Waals surface area contributed by atoms with Crippen LogP contribution < -0.4 is 0 Å². The highest BCUT2D eigenvalue weighted by Crippen LogP contribution is 2.29. The summed E-state index contributed by atoms with van der Waals surface area (Å²) in [4.78, 5) is 0. The second kappa shape index (κ2) is 6.37. The van der Waals surface area contributed by atoms with E-state index in [9.17, 15) is 0 Å². The summed E-state index contributed by atoms with van der Waals surface area (Å²) in [5, 5.41) is 8.40. The Kier molecular flexibility index (Phi) is 5.42. The van der Waals surface area contributed by atoms with Gasteiger partial charge in [-0.3, -0.25) is 0 Å². The van der Waals surface area contributed by atoms with Crippen molar-refractivity contribution in [2.24, 2.45) is 5.41 Å². The predicted molar refractivity (Wildman–Crippen MR) is 76.8 cm³/mol. The smallest absolute Gasteiger partial charge is 0.0398 e. The van der Waals surface area contributed by atoms with Crippen LogP contribution in [-0.4, -0.2) is 5.71 Å². The van der Waals surface area contributed by atoms with E-state index in [1.165, 1.54) is 56.1 Å². The molecule has 0 fully saturated rings. The third-order valence-corrected chi connectivity index (χ3v) is 3.80. The highest BCUT2D eigenvalue weighted by molar-refractivity contribution is 6.01. The number of allylic oxidation sites excluding steroid dienone is 2. The van der Waals surface area contributed by atoms with E-state index in [4.69, 9.17) is 5.41 Å². The fourth-order valence-electron chi connectivity index (χ4n) is 2.55. The van der Waals surface area contributed by atoms with Crippen LogP contribution in [0.1, 0.15) is 79.1 Å². The fraction of sp³-hybridized carbons (Fsp3) is 0.812. The Morgan fingerprint density at radius 2 is 1.35 bits per heavy atom. The first-order valence-electron chi connectivity index (χ1n) is 7.21.